The van der Waals surface area contributed by atoms with Crippen LogP contribution in [0.1, 0.15) is 35.3 Å². The highest BCUT2D eigenvalue weighted by molar-refractivity contribution is 6.46. The number of alkyl halides is 3. The van der Waals surface area contributed by atoms with Gasteiger partial charge in [0.1, 0.15) is 13.2 Å². The van der Waals surface area contributed by atoms with Crippen LogP contribution in [0.3, 0.4) is 0 Å². The normalized spacial score (nSPS) is 13.2. The number of nitrogens with zero attached hydrogens (tertiary/aromatic N) is 2. The number of hydrogen-bond acceptors (Lipinski definition) is 5. The van der Waals surface area contributed by atoms with Crippen LogP contribution >= 0.6 is 0 Å². The predicted molar refractivity (Wildman–Crippen MR) is 103 cm³/mol. The van der Waals surface area contributed by atoms with E-state index in [9.17, 15) is 18.0 Å². The van der Waals surface area contributed by atoms with Crippen LogP contribution in [-0.2, 0) is 20.6 Å². The molecule has 9 heteroatoms. The van der Waals surface area contributed by atoms with Crippen LogP contribution in [0.15, 0.2) is 58.8 Å². The molecule has 0 aliphatic heterocycles. The number of likely N-dealkylation sites (N-methyl/N-ethyl adjacent to an activating group) is 1. The Hall–Kier alpha value is -3.36. The van der Waals surface area contributed by atoms with Crippen LogP contribution in [0.2, 0.25) is 0 Å². The van der Waals surface area contributed by atoms with Gasteiger partial charge in [0.05, 0.1) is 11.8 Å². The Morgan fingerprint density at radius 3 is 2.55 bits per heavy atom. The Kier molecular flexibility index (Phi) is 7.35. The zero-order chi connectivity index (χ0) is 21.4. The van der Waals surface area contributed by atoms with Crippen molar-refractivity contribution in [2.45, 2.75) is 19.2 Å². The van der Waals surface area contributed by atoms with E-state index in [4.69, 9.17) is 9.68 Å². The van der Waals surface area contributed by atoms with Gasteiger partial charge in [0, 0.05) is 18.2 Å². The molecule has 0 aromatic heterocycles. The Labute approximate surface area is 166 Å². The fourth-order valence-electron chi connectivity index (χ4n) is 2.46. The summed E-state index contributed by atoms with van der Waals surface area (Å²) in [5, 5.41) is 10.1. The molecule has 0 fully saturated rings. The Bertz CT molecular complexity index is 911. The smallest absolute Gasteiger partial charge is 0.398 e. The molecule has 0 aliphatic rings. The zero-order valence-corrected chi connectivity index (χ0v) is 16.0. The summed E-state index contributed by atoms with van der Waals surface area (Å²) in [7, 11) is 2.78. The molecule has 0 aliphatic carbocycles. The van der Waals surface area contributed by atoms with Crippen LogP contribution in [0.4, 0.5) is 13.2 Å². The van der Waals surface area contributed by atoms with Crippen molar-refractivity contribution in [3.63, 3.8) is 0 Å². The van der Waals surface area contributed by atoms with Gasteiger partial charge in [0.25, 0.3) is 5.91 Å². The summed E-state index contributed by atoms with van der Waals surface area (Å²) in [5.41, 5.74) is 0.585. The Morgan fingerprint density at radius 1 is 1.17 bits per heavy atom. The van der Waals surface area contributed by atoms with Crippen LogP contribution in [0.5, 0.6) is 0 Å². The highest BCUT2D eigenvalue weighted by Crippen LogP contribution is 2.31. The summed E-state index contributed by atoms with van der Waals surface area (Å²) in [5.74, 6) is -0.453. The monoisotopic (exact) mass is 407 g/mol. The summed E-state index contributed by atoms with van der Waals surface area (Å²) in [6.07, 6.45) is -3.80. The van der Waals surface area contributed by atoms with E-state index >= 15 is 0 Å². The maximum atomic E-state index is 12.9. The largest absolute Gasteiger partial charge is 0.416 e. The standard InChI is InChI=1S/C20H20F3N3O3/c1-13(14-8-6-9-16(11-14)20(21,22)23)29-25-12-15-7-4-5-10-17(15)18(26-28-3)19(27)24-2/h4-13H,1-3H3,(H,24,27)/b25-12+,26-18?. The van der Waals surface area contributed by atoms with Crippen molar-refractivity contribution in [1.82, 2.24) is 5.32 Å². The van der Waals surface area contributed by atoms with Gasteiger partial charge in [-0.25, -0.2) is 0 Å². The summed E-state index contributed by atoms with van der Waals surface area (Å²) in [6.45, 7) is 1.58. The minimum atomic E-state index is -4.44. The van der Waals surface area contributed by atoms with E-state index in [1.54, 1.807) is 31.2 Å². The number of hydrogen-bond donors (Lipinski definition) is 1. The van der Waals surface area contributed by atoms with Crippen molar-refractivity contribution in [2.24, 2.45) is 10.3 Å². The van der Waals surface area contributed by atoms with Crippen LogP contribution in [0.25, 0.3) is 0 Å². The van der Waals surface area contributed by atoms with Crippen molar-refractivity contribution in [3.05, 3.63) is 70.8 Å². The molecule has 0 saturated carbocycles. The SMILES string of the molecule is CNC(=O)C(=NOC)c1ccccc1/C=N/OC(C)c1cccc(C(F)(F)F)c1. The minimum Gasteiger partial charge on any atom is -0.398 e. The fraction of sp³-hybridized carbons (Fsp3) is 0.250. The van der Waals surface area contributed by atoms with E-state index in [-0.39, 0.29) is 5.71 Å². The number of rotatable bonds is 7. The van der Waals surface area contributed by atoms with Gasteiger partial charge in [0.2, 0.25) is 0 Å². The number of amides is 1. The molecule has 0 bridgehead atoms. The van der Waals surface area contributed by atoms with Crippen LogP contribution in [0, 0.1) is 0 Å². The lowest BCUT2D eigenvalue weighted by Crippen LogP contribution is -2.29. The van der Waals surface area contributed by atoms with Gasteiger partial charge in [-0.05, 0) is 24.6 Å². The first-order chi connectivity index (χ1) is 13.8. The first-order valence-corrected chi connectivity index (χ1v) is 8.57. The number of oxime groups is 2. The van der Waals surface area contributed by atoms with Crippen molar-refractivity contribution in [2.75, 3.05) is 14.2 Å². The van der Waals surface area contributed by atoms with E-state index < -0.39 is 23.8 Å². The Balaban J connectivity index is 2.21. The highest BCUT2D eigenvalue weighted by atomic mass is 19.4. The number of halogens is 3. The Morgan fingerprint density at radius 2 is 1.90 bits per heavy atom. The summed E-state index contributed by atoms with van der Waals surface area (Å²) in [4.78, 5) is 22.1. The molecule has 2 aromatic carbocycles. The van der Waals surface area contributed by atoms with Gasteiger partial charge < -0.3 is 15.0 Å². The van der Waals surface area contributed by atoms with Crippen molar-refractivity contribution in [3.8, 4) is 0 Å². The molecule has 1 amide bonds. The molecular weight excluding hydrogens is 387 g/mol. The van der Waals surface area contributed by atoms with Crippen molar-refractivity contribution < 1.29 is 27.6 Å². The molecule has 29 heavy (non-hydrogen) atoms. The van der Waals surface area contributed by atoms with Gasteiger partial charge >= 0.3 is 6.18 Å². The molecule has 1 unspecified atom stereocenters. The lowest BCUT2D eigenvalue weighted by molar-refractivity contribution is -0.137. The predicted octanol–water partition coefficient (Wildman–Crippen LogP) is 3.91. The topological polar surface area (TPSA) is 72.3 Å². The van der Waals surface area contributed by atoms with E-state index in [1.807, 2.05) is 0 Å². The number of benzene rings is 2. The van der Waals surface area contributed by atoms with Crippen LogP contribution in [-0.4, -0.2) is 32.0 Å². The molecule has 0 saturated heterocycles. The fourth-order valence-corrected chi connectivity index (χ4v) is 2.46. The summed E-state index contributed by atoms with van der Waals surface area (Å²) < 4.78 is 38.6. The lowest BCUT2D eigenvalue weighted by Gasteiger charge is -2.13. The third-order valence-corrected chi connectivity index (χ3v) is 3.93. The van der Waals surface area contributed by atoms with E-state index in [2.05, 4.69) is 15.6 Å². The molecule has 6 nitrogen and oxygen atoms in total. The second-order valence-corrected chi connectivity index (χ2v) is 5.89. The van der Waals surface area contributed by atoms with Crippen molar-refractivity contribution >= 4 is 17.8 Å². The van der Waals surface area contributed by atoms with E-state index in [1.165, 1.54) is 32.5 Å². The molecule has 154 valence electrons. The third kappa shape index (κ3) is 5.81. The quantitative estimate of drug-likeness (QED) is 0.559. The maximum Gasteiger partial charge on any atom is 0.416 e. The average Bonchev–Trinajstić information content (AvgIpc) is 2.71. The first kappa shape index (κ1) is 21.9. The molecule has 2 rings (SSSR count). The van der Waals surface area contributed by atoms with E-state index in [0.717, 1.165) is 12.1 Å². The second kappa shape index (κ2) is 9.72. The molecule has 0 radical (unpaired) electrons. The van der Waals surface area contributed by atoms with Gasteiger partial charge in [0.15, 0.2) is 5.71 Å². The van der Waals surface area contributed by atoms with Crippen LogP contribution < -0.4 is 5.32 Å². The van der Waals surface area contributed by atoms with E-state index in [0.29, 0.717) is 16.7 Å². The summed E-state index contributed by atoms with van der Waals surface area (Å²) in [6, 6.07) is 11.6. The third-order valence-electron chi connectivity index (χ3n) is 3.93. The molecule has 0 heterocycles. The average molecular weight is 407 g/mol. The van der Waals surface area contributed by atoms with Gasteiger partial charge in [-0.3, -0.25) is 4.79 Å². The highest BCUT2D eigenvalue weighted by Gasteiger charge is 2.30. The molecule has 1 atom stereocenters. The molecular formula is C20H20F3N3O3. The number of carbonyl (C=O) groups excluding carboxylic acids is 1. The zero-order valence-electron chi connectivity index (χ0n) is 16.0. The number of carbonyl (C=O) groups is 1. The summed E-state index contributed by atoms with van der Waals surface area (Å²) >= 11 is 0. The maximum absolute atomic E-state index is 12.9. The molecule has 2 aromatic rings. The van der Waals surface area contributed by atoms with Gasteiger partial charge in [-0.1, -0.05) is 46.7 Å². The van der Waals surface area contributed by atoms with Gasteiger partial charge in [-0.2, -0.15) is 13.2 Å². The second-order valence-electron chi connectivity index (χ2n) is 5.89. The number of nitrogens with one attached hydrogen (secondary N) is 1. The minimum absolute atomic E-state index is 0.0444. The molecule has 0 spiro atoms. The van der Waals surface area contributed by atoms with Gasteiger partial charge in [-0.15, -0.1) is 0 Å². The lowest BCUT2D eigenvalue weighted by atomic mass is 10.0. The first-order valence-electron chi connectivity index (χ1n) is 8.57. The van der Waals surface area contributed by atoms with Crippen molar-refractivity contribution in [1.29, 1.82) is 0 Å². The molecule has 1 N–H and O–H groups in total.